The number of ether oxygens (including phenoxy) is 1. The van der Waals surface area contributed by atoms with Crippen molar-refractivity contribution in [2.45, 2.75) is 112 Å². The number of fused-ring (bicyclic) bond motifs is 7. The number of carbonyl (C=O) groups is 1. The fourth-order valence-corrected chi connectivity index (χ4v) is 11.0. The van der Waals surface area contributed by atoms with E-state index < -0.39 is 0 Å². The van der Waals surface area contributed by atoms with Crippen molar-refractivity contribution in [3.05, 3.63) is 11.6 Å². The van der Waals surface area contributed by atoms with E-state index in [0.29, 0.717) is 29.6 Å². The summed E-state index contributed by atoms with van der Waals surface area (Å²) in [6.07, 6.45) is 12.3. The molecule has 5 rings (SSSR count). The number of hydrogen-bond donors (Lipinski definition) is 1. The van der Waals surface area contributed by atoms with Crippen LogP contribution in [-0.4, -0.2) is 24.3 Å². The van der Waals surface area contributed by atoms with E-state index in [2.05, 4.69) is 54.5 Å². The maximum absolute atomic E-state index is 13.4. The van der Waals surface area contributed by atoms with Gasteiger partial charge < -0.3 is 9.84 Å². The molecule has 0 aliphatic heterocycles. The second-order valence-corrected chi connectivity index (χ2v) is 14.7. The first-order valence-corrected chi connectivity index (χ1v) is 14.3. The molecule has 0 aromatic heterocycles. The Balaban J connectivity index is 1.61. The average molecular weight is 471 g/mol. The van der Waals surface area contributed by atoms with E-state index in [4.69, 9.17) is 4.74 Å². The molecule has 192 valence electrons. The van der Waals surface area contributed by atoms with Crippen molar-refractivity contribution in [2.24, 2.45) is 56.7 Å². The third kappa shape index (κ3) is 2.83. The molecule has 34 heavy (non-hydrogen) atoms. The first-order chi connectivity index (χ1) is 15.8. The largest absolute Gasteiger partial charge is 0.469 e. The Morgan fingerprint density at radius 1 is 0.941 bits per heavy atom. The molecule has 4 fully saturated rings. The first kappa shape index (κ1) is 24.8. The molecule has 5 aliphatic rings. The number of aliphatic hydroxyl groups excluding tert-OH is 1. The van der Waals surface area contributed by atoms with Crippen LogP contribution in [0, 0.1) is 56.7 Å². The highest BCUT2D eigenvalue weighted by atomic mass is 16.5. The van der Waals surface area contributed by atoms with Gasteiger partial charge in [0.15, 0.2) is 0 Å². The molecule has 10 atom stereocenters. The van der Waals surface area contributed by atoms with Crippen molar-refractivity contribution in [3.8, 4) is 0 Å². The summed E-state index contributed by atoms with van der Waals surface area (Å²) < 4.78 is 5.51. The van der Waals surface area contributed by atoms with E-state index in [1.165, 1.54) is 12.8 Å². The summed E-state index contributed by atoms with van der Waals surface area (Å²) in [5.41, 5.74) is 1.91. The molecule has 0 bridgehead atoms. The zero-order valence-corrected chi connectivity index (χ0v) is 23.2. The number of esters is 1. The van der Waals surface area contributed by atoms with Crippen molar-refractivity contribution in [2.75, 3.05) is 7.11 Å². The standard InChI is InChI=1S/C31H50O3/c1-19-11-16-31(26(33)34-8)18-17-29(6)21(25(31)20(19)2)9-10-23-28(5)14-13-24(32)27(3,4)22(28)12-15-30(23,29)7/h9,19-20,22-25,32H,10-18H2,1-8H3/t19-,20+,22+,23+,24-,25+,28+,29-,30-,31+/m1/s1. The Hall–Kier alpha value is -0.830. The summed E-state index contributed by atoms with van der Waals surface area (Å²) in [5, 5.41) is 10.9. The second-order valence-electron chi connectivity index (χ2n) is 14.7. The van der Waals surface area contributed by atoms with Gasteiger partial charge >= 0.3 is 5.97 Å². The molecular weight excluding hydrogens is 420 g/mol. The lowest BCUT2D eigenvalue weighted by Crippen LogP contribution is -2.65. The molecule has 3 nitrogen and oxygen atoms in total. The lowest BCUT2D eigenvalue weighted by Gasteiger charge is -2.71. The van der Waals surface area contributed by atoms with E-state index in [1.54, 1.807) is 12.7 Å². The summed E-state index contributed by atoms with van der Waals surface area (Å²) in [4.78, 5) is 13.4. The van der Waals surface area contributed by atoms with Gasteiger partial charge in [-0.3, -0.25) is 4.79 Å². The smallest absolute Gasteiger partial charge is 0.312 e. The molecule has 4 saturated carbocycles. The van der Waals surface area contributed by atoms with E-state index in [-0.39, 0.29) is 39.1 Å². The molecule has 5 aliphatic carbocycles. The molecule has 0 aromatic carbocycles. The second kappa shape index (κ2) is 7.59. The van der Waals surface area contributed by atoms with Gasteiger partial charge in [-0.05, 0) is 109 Å². The maximum Gasteiger partial charge on any atom is 0.312 e. The van der Waals surface area contributed by atoms with E-state index in [1.807, 2.05) is 0 Å². The van der Waals surface area contributed by atoms with Crippen molar-refractivity contribution in [1.29, 1.82) is 0 Å². The third-order valence-electron chi connectivity index (χ3n) is 13.6. The zero-order chi connectivity index (χ0) is 24.9. The predicted molar refractivity (Wildman–Crippen MR) is 137 cm³/mol. The molecule has 0 saturated heterocycles. The summed E-state index contributed by atoms with van der Waals surface area (Å²) in [6, 6.07) is 0. The fourth-order valence-electron chi connectivity index (χ4n) is 11.0. The number of hydrogen-bond acceptors (Lipinski definition) is 3. The van der Waals surface area contributed by atoms with Crippen molar-refractivity contribution >= 4 is 5.97 Å². The molecule has 0 heterocycles. The van der Waals surface area contributed by atoms with Crippen LogP contribution in [0.3, 0.4) is 0 Å². The van der Waals surface area contributed by atoms with Gasteiger partial charge in [-0.25, -0.2) is 0 Å². The minimum absolute atomic E-state index is 0.0147. The van der Waals surface area contributed by atoms with Crippen LogP contribution in [0.1, 0.15) is 106 Å². The van der Waals surface area contributed by atoms with Crippen LogP contribution in [0.15, 0.2) is 11.6 Å². The van der Waals surface area contributed by atoms with Crippen LogP contribution in [0.25, 0.3) is 0 Å². The summed E-state index contributed by atoms with van der Waals surface area (Å²) >= 11 is 0. The monoisotopic (exact) mass is 470 g/mol. The molecule has 1 N–H and O–H groups in total. The highest BCUT2D eigenvalue weighted by molar-refractivity contribution is 5.78. The fraction of sp³-hybridized carbons (Fsp3) is 0.903. The minimum atomic E-state index is -0.326. The van der Waals surface area contributed by atoms with E-state index in [0.717, 1.165) is 44.9 Å². The molecule has 0 radical (unpaired) electrons. The third-order valence-corrected chi connectivity index (χ3v) is 13.6. The Bertz CT molecular complexity index is 889. The molecule has 0 amide bonds. The Labute approximate surface area is 208 Å². The zero-order valence-electron chi connectivity index (χ0n) is 23.2. The van der Waals surface area contributed by atoms with Crippen LogP contribution in [-0.2, 0) is 9.53 Å². The van der Waals surface area contributed by atoms with Gasteiger partial charge in [0.25, 0.3) is 0 Å². The number of rotatable bonds is 1. The van der Waals surface area contributed by atoms with Crippen molar-refractivity contribution in [3.63, 3.8) is 0 Å². The number of allylic oxidation sites excluding steroid dienone is 2. The Morgan fingerprint density at radius 3 is 2.32 bits per heavy atom. The van der Waals surface area contributed by atoms with E-state index in [9.17, 15) is 9.90 Å². The molecular formula is C31H50O3. The van der Waals surface area contributed by atoms with Crippen LogP contribution < -0.4 is 0 Å². The quantitative estimate of drug-likeness (QED) is 0.326. The van der Waals surface area contributed by atoms with Crippen LogP contribution in [0.5, 0.6) is 0 Å². The number of aliphatic hydroxyl groups is 1. The van der Waals surface area contributed by atoms with Crippen molar-refractivity contribution < 1.29 is 14.6 Å². The lowest BCUT2D eigenvalue weighted by molar-refractivity contribution is -0.207. The van der Waals surface area contributed by atoms with Gasteiger partial charge in [-0.2, -0.15) is 0 Å². The average Bonchev–Trinajstić information content (AvgIpc) is 2.79. The van der Waals surface area contributed by atoms with E-state index >= 15 is 0 Å². The normalized spacial score (nSPS) is 54.0. The predicted octanol–water partition coefficient (Wildman–Crippen LogP) is 7.18. The molecule has 3 heteroatoms. The summed E-state index contributed by atoms with van der Waals surface area (Å²) in [6.45, 7) is 17.2. The molecule has 0 spiro atoms. The topological polar surface area (TPSA) is 46.5 Å². The summed E-state index contributed by atoms with van der Waals surface area (Å²) in [7, 11) is 1.60. The van der Waals surface area contributed by atoms with Crippen molar-refractivity contribution in [1.82, 2.24) is 0 Å². The SMILES string of the molecule is COC(=O)[C@]12CC[C@@H](C)[C@H](C)[C@H]1C1=CC[C@H]3[C@@]4(C)CC[C@@H](O)C(C)(C)[C@@H]4CC[C@@]3(C)[C@]1(C)CC2. The maximum atomic E-state index is 13.4. The van der Waals surface area contributed by atoms with Gasteiger partial charge in [-0.1, -0.05) is 60.1 Å². The Morgan fingerprint density at radius 2 is 1.65 bits per heavy atom. The van der Waals surface area contributed by atoms with Gasteiger partial charge in [-0.15, -0.1) is 0 Å². The minimum Gasteiger partial charge on any atom is -0.469 e. The Kier molecular flexibility index (Phi) is 5.55. The van der Waals surface area contributed by atoms with Crippen LogP contribution in [0.2, 0.25) is 0 Å². The molecule has 0 aromatic rings. The lowest BCUT2D eigenvalue weighted by atomic mass is 9.33. The summed E-state index contributed by atoms with van der Waals surface area (Å²) in [5.74, 6) is 2.73. The number of carbonyl (C=O) groups excluding carboxylic acids is 1. The van der Waals surface area contributed by atoms with Gasteiger partial charge in [0.05, 0.1) is 18.6 Å². The van der Waals surface area contributed by atoms with Gasteiger partial charge in [0, 0.05) is 0 Å². The highest BCUT2D eigenvalue weighted by Crippen LogP contribution is 2.75. The van der Waals surface area contributed by atoms with Gasteiger partial charge in [0.1, 0.15) is 0 Å². The van der Waals surface area contributed by atoms with Crippen LogP contribution >= 0.6 is 0 Å². The molecule has 0 unspecified atom stereocenters. The number of methoxy groups -OCH3 is 1. The van der Waals surface area contributed by atoms with Crippen LogP contribution in [0.4, 0.5) is 0 Å². The highest BCUT2D eigenvalue weighted by Gasteiger charge is 2.69. The van der Waals surface area contributed by atoms with Gasteiger partial charge in [0.2, 0.25) is 0 Å². The first-order valence-electron chi connectivity index (χ1n) is 14.3.